The number of thioether (sulfide) groups is 1. The van der Waals surface area contributed by atoms with Crippen LogP contribution in [0.5, 0.6) is 5.75 Å². The molecule has 0 radical (unpaired) electrons. The first kappa shape index (κ1) is 21.8. The van der Waals surface area contributed by atoms with Crippen LogP contribution in [0, 0.1) is 11.6 Å². The van der Waals surface area contributed by atoms with Crippen LogP contribution in [0.4, 0.5) is 8.78 Å². The van der Waals surface area contributed by atoms with E-state index in [1.807, 2.05) is 24.3 Å². The number of benzene rings is 2. The smallest absolute Gasteiger partial charge is 0.243 e. The molecule has 0 saturated heterocycles. The maximum Gasteiger partial charge on any atom is 0.243 e. The van der Waals surface area contributed by atoms with E-state index in [1.165, 1.54) is 18.5 Å². The largest absolute Gasteiger partial charge is 0.487 e. The molecule has 0 atom stereocenters. The van der Waals surface area contributed by atoms with E-state index < -0.39 is 11.6 Å². The molecule has 2 aromatic carbocycles. The van der Waals surface area contributed by atoms with E-state index in [2.05, 4.69) is 15.3 Å². The SMILES string of the molecule is N/C=C\NCCCSc1ccc(OCc2coc(-c3cc4c(F)cc(F)cc4[nH]3)n2)cc1. The molecule has 4 aromatic rings. The lowest BCUT2D eigenvalue weighted by molar-refractivity contribution is 0.301. The number of fused-ring (bicyclic) bond motifs is 1. The fraction of sp³-hybridized carbons (Fsp3) is 0.174. The summed E-state index contributed by atoms with van der Waals surface area (Å²) < 4.78 is 38.6. The number of nitrogens with two attached hydrogens (primary N) is 1. The molecule has 32 heavy (non-hydrogen) atoms. The molecule has 4 N–H and O–H groups in total. The summed E-state index contributed by atoms with van der Waals surface area (Å²) in [5.74, 6) is 0.711. The minimum absolute atomic E-state index is 0.222. The number of halogens is 2. The molecule has 2 heterocycles. The van der Waals surface area contributed by atoms with Gasteiger partial charge in [0.15, 0.2) is 0 Å². The van der Waals surface area contributed by atoms with Crippen LogP contribution < -0.4 is 15.8 Å². The van der Waals surface area contributed by atoms with E-state index >= 15 is 0 Å². The van der Waals surface area contributed by atoms with Crippen molar-refractivity contribution in [2.45, 2.75) is 17.9 Å². The molecular formula is C23H22F2N4O2S. The van der Waals surface area contributed by atoms with Crippen molar-refractivity contribution in [3.63, 3.8) is 0 Å². The number of nitrogens with zero attached hydrogens (tertiary/aromatic N) is 1. The Morgan fingerprint density at radius 2 is 2.03 bits per heavy atom. The third-order valence-electron chi connectivity index (χ3n) is 4.59. The standard InChI is InChI=1S/C23H22F2N4O2S/c24-15-10-20(25)19-12-22(29-21(19)11-15)23-28-16(14-31-23)13-30-17-2-4-18(5-3-17)32-9-1-7-27-8-6-26/h2-6,8,10-12,14,27,29H,1,7,9,13,26H2/b8-6-. The summed E-state index contributed by atoms with van der Waals surface area (Å²) in [5.41, 5.74) is 6.66. The molecule has 9 heteroatoms. The predicted molar refractivity (Wildman–Crippen MR) is 121 cm³/mol. The van der Waals surface area contributed by atoms with Crippen LogP contribution in [0.1, 0.15) is 12.1 Å². The summed E-state index contributed by atoms with van der Waals surface area (Å²) in [6.07, 6.45) is 5.72. The Morgan fingerprint density at radius 3 is 2.84 bits per heavy atom. The number of hydrogen-bond donors (Lipinski definition) is 3. The highest BCUT2D eigenvalue weighted by Gasteiger charge is 2.13. The minimum atomic E-state index is -0.647. The van der Waals surface area contributed by atoms with Crippen molar-refractivity contribution >= 4 is 22.7 Å². The molecule has 166 valence electrons. The molecule has 0 bridgehead atoms. The van der Waals surface area contributed by atoms with Gasteiger partial charge in [0.05, 0.1) is 5.52 Å². The molecule has 0 aliphatic heterocycles. The van der Waals surface area contributed by atoms with Crippen molar-refractivity contribution in [1.29, 1.82) is 0 Å². The lowest BCUT2D eigenvalue weighted by Crippen LogP contribution is -2.08. The van der Waals surface area contributed by atoms with E-state index in [1.54, 1.807) is 24.0 Å². The number of H-pyrrole nitrogens is 1. The van der Waals surface area contributed by atoms with E-state index in [9.17, 15) is 8.78 Å². The molecule has 0 amide bonds. The summed E-state index contributed by atoms with van der Waals surface area (Å²) in [6.45, 7) is 1.10. The third-order valence-corrected chi connectivity index (χ3v) is 5.69. The second kappa shape index (κ2) is 10.2. The maximum atomic E-state index is 13.9. The average Bonchev–Trinajstić information content (AvgIpc) is 3.43. The molecule has 6 nitrogen and oxygen atoms in total. The van der Waals surface area contributed by atoms with Gasteiger partial charge in [0.2, 0.25) is 5.89 Å². The molecule has 4 rings (SSSR count). The van der Waals surface area contributed by atoms with Crippen molar-refractivity contribution in [2.75, 3.05) is 12.3 Å². The first-order valence-electron chi connectivity index (χ1n) is 10.0. The highest BCUT2D eigenvalue weighted by atomic mass is 32.2. The van der Waals surface area contributed by atoms with Crippen LogP contribution in [0.25, 0.3) is 22.5 Å². The fourth-order valence-corrected chi connectivity index (χ4v) is 3.93. The zero-order chi connectivity index (χ0) is 22.3. The lowest BCUT2D eigenvalue weighted by Gasteiger charge is -2.06. The highest BCUT2D eigenvalue weighted by Crippen LogP contribution is 2.27. The topological polar surface area (TPSA) is 89.1 Å². The summed E-state index contributed by atoms with van der Waals surface area (Å²) in [5, 5.41) is 3.38. The van der Waals surface area contributed by atoms with E-state index in [0.717, 1.165) is 35.4 Å². The number of oxazole rings is 1. The van der Waals surface area contributed by atoms with Gasteiger partial charge in [-0.3, -0.25) is 0 Å². The van der Waals surface area contributed by atoms with Gasteiger partial charge < -0.3 is 25.2 Å². The van der Waals surface area contributed by atoms with Crippen LogP contribution in [0.3, 0.4) is 0 Å². The van der Waals surface area contributed by atoms with Gasteiger partial charge in [-0.1, -0.05) is 0 Å². The van der Waals surface area contributed by atoms with E-state index in [-0.39, 0.29) is 17.9 Å². The summed E-state index contributed by atoms with van der Waals surface area (Å²) in [6, 6.07) is 11.5. The van der Waals surface area contributed by atoms with Gasteiger partial charge in [0.25, 0.3) is 0 Å². The Balaban J connectivity index is 1.30. The van der Waals surface area contributed by atoms with Crippen LogP contribution in [-0.2, 0) is 6.61 Å². The van der Waals surface area contributed by atoms with Crippen LogP contribution in [0.15, 0.2) is 70.4 Å². The second-order valence-electron chi connectivity index (χ2n) is 6.95. The number of hydrogen-bond acceptors (Lipinski definition) is 6. The van der Waals surface area contributed by atoms with E-state index in [0.29, 0.717) is 16.9 Å². The zero-order valence-corrected chi connectivity index (χ0v) is 17.9. The predicted octanol–water partition coefficient (Wildman–Crippen LogP) is 5.18. The first-order valence-corrected chi connectivity index (χ1v) is 11.0. The van der Waals surface area contributed by atoms with Crippen molar-refractivity contribution < 1.29 is 17.9 Å². The zero-order valence-electron chi connectivity index (χ0n) is 17.1. The monoisotopic (exact) mass is 456 g/mol. The van der Waals surface area contributed by atoms with Gasteiger partial charge in [-0.05, 0) is 48.6 Å². The average molecular weight is 457 g/mol. The van der Waals surface area contributed by atoms with Gasteiger partial charge in [0.1, 0.15) is 41.6 Å². The van der Waals surface area contributed by atoms with Crippen LogP contribution in [-0.4, -0.2) is 22.3 Å². The molecule has 0 aliphatic rings. The van der Waals surface area contributed by atoms with Gasteiger partial charge >= 0.3 is 0 Å². The van der Waals surface area contributed by atoms with Crippen molar-refractivity contribution in [1.82, 2.24) is 15.3 Å². The van der Waals surface area contributed by atoms with Gasteiger partial charge in [0, 0.05) is 35.3 Å². The fourth-order valence-electron chi connectivity index (χ4n) is 3.08. The van der Waals surface area contributed by atoms with Crippen LogP contribution in [0.2, 0.25) is 0 Å². The normalized spacial score (nSPS) is 11.4. The number of nitrogens with one attached hydrogen (secondary N) is 2. The van der Waals surface area contributed by atoms with Crippen molar-refractivity contribution in [2.24, 2.45) is 5.73 Å². The van der Waals surface area contributed by atoms with Gasteiger partial charge in [-0.25, -0.2) is 13.8 Å². The van der Waals surface area contributed by atoms with Gasteiger partial charge in [-0.2, -0.15) is 0 Å². The summed E-state index contributed by atoms with van der Waals surface area (Å²) in [4.78, 5) is 8.46. The maximum absolute atomic E-state index is 13.9. The molecular weight excluding hydrogens is 434 g/mol. The molecule has 0 unspecified atom stereocenters. The number of ether oxygens (including phenoxy) is 1. The van der Waals surface area contributed by atoms with E-state index in [4.69, 9.17) is 14.9 Å². The summed E-state index contributed by atoms with van der Waals surface area (Å²) in [7, 11) is 0. The Bertz CT molecular complexity index is 1200. The lowest BCUT2D eigenvalue weighted by atomic mass is 10.2. The Labute approximate surface area is 187 Å². The molecule has 0 spiro atoms. The molecule has 0 fully saturated rings. The van der Waals surface area contributed by atoms with Crippen molar-refractivity contribution in [3.05, 3.63) is 78.5 Å². The molecule has 0 saturated carbocycles. The third kappa shape index (κ3) is 5.42. The quantitative estimate of drug-likeness (QED) is 0.225. The highest BCUT2D eigenvalue weighted by molar-refractivity contribution is 7.99. The molecule has 0 aliphatic carbocycles. The minimum Gasteiger partial charge on any atom is -0.487 e. The second-order valence-corrected chi connectivity index (χ2v) is 8.12. The molecule has 2 aromatic heterocycles. The number of rotatable bonds is 10. The van der Waals surface area contributed by atoms with Crippen LogP contribution >= 0.6 is 11.8 Å². The Hall–Kier alpha value is -3.46. The first-order chi connectivity index (χ1) is 15.6. The Kier molecular flexibility index (Phi) is 6.96. The number of aromatic amines is 1. The van der Waals surface area contributed by atoms with Gasteiger partial charge in [-0.15, -0.1) is 11.8 Å². The summed E-state index contributed by atoms with van der Waals surface area (Å²) >= 11 is 1.77. The van der Waals surface area contributed by atoms with Crippen molar-refractivity contribution in [3.8, 4) is 17.3 Å². The number of aromatic nitrogens is 2. The Morgan fingerprint density at radius 1 is 1.19 bits per heavy atom.